The number of carbonyl (C=O) groups excluding carboxylic acids is 2. The van der Waals surface area contributed by atoms with E-state index in [-0.39, 0.29) is 23.7 Å². The van der Waals surface area contributed by atoms with Crippen LogP contribution in [0.4, 0.5) is 56.1 Å². The molecule has 0 saturated heterocycles. The highest BCUT2D eigenvalue weighted by Gasteiger charge is 2.36. The molecule has 0 aliphatic carbocycles. The molecule has 3 N–H and O–H groups in total. The SMILES string of the molecule is CNc1ncc2c(n1)N(C)C(=O)N(c1cc(NC(=O)Nc3cc(C(F)(F)F)nn3-c3ccccc3)c(F)cc1C)C2. The number of halogens is 4. The molecule has 0 fully saturated rings. The molecule has 2 aromatic heterocycles. The molecule has 2 aromatic carbocycles. The van der Waals surface area contributed by atoms with Gasteiger partial charge in [-0.3, -0.25) is 15.1 Å². The summed E-state index contributed by atoms with van der Waals surface area (Å²) in [6.45, 7) is 1.68. The number of nitrogens with one attached hydrogen (secondary N) is 3. The molecule has 0 saturated carbocycles. The Kier molecular flexibility index (Phi) is 6.94. The third kappa shape index (κ3) is 5.33. The van der Waals surface area contributed by atoms with Crippen LogP contribution in [0, 0.1) is 12.7 Å². The van der Waals surface area contributed by atoms with Crippen molar-refractivity contribution in [1.82, 2.24) is 19.7 Å². The van der Waals surface area contributed by atoms with Crippen LogP contribution >= 0.6 is 0 Å². The minimum Gasteiger partial charge on any atom is -0.357 e. The molecule has 41 heavy (non-hydrogen) atoms. The van der Waals surface area contributed by atoms with E-state index in [1.807, 2.05) is 0 Å². The van der Waals surface area contributed by atoms with Crippen molar-refractivity contribution < 1.29 is 27.2 Å². The van der Waals surface area contributed by atoms with Gasteiger partial charge in [0.15, 0.2) is 5.69 Å². The summed E-state index contributed by atoms with van der Waals surface area (Å²) < 4.78 is 56.0. The summed E-state index contributed by atoms with van der Waals surface area (Å²) >= 11 is 0. The van der Waals surface area contributed by atoms with Crippen LogP contribution in [0.5, 0.6) is 0 Å². The topological polar surface area (TPSA) is 120 Å². The first-order valence-corrected chi connectivity index (χ1v) is 12.2. The fraction of sp³-hybridized carbons (Fsp3) is 0.192. The molecule has 1 aliphatic rings. The molecule has 15 heteroatoms. The minimum absolute atomic E-state index is 0.0804. The van der Waals surface area contributed by atoms with E-state index >= 15 is 0 Å². The average molecular weight is 570 g/mol. The van der Waals surface area contributed by atoms with Gasteiger partial charge in [0.2, 0.25) is 5.95 Å². The van der Waals surface area contributed by atoms with Gasteiger partial charge in [0.25, 0.3) is 0 Å². The van der Waals surface area contributed by atoms with E-state index in [1.54, 1.807) is 38.4 Å². The van der Waals surface area contributed by atoms with E-state index in [1.165, 1.54) is 35.0 Å². The van der Waals surface area contributed by atoms with Crippen LogP contribution in [0.15, 0.2) is 54.7 Å². The number of aryl methyl sites for hydroxylation is 1. The van der Waals surface area contributed by atoms with Gasteiger partial charge in [-0.2, -0.15) is 23.3 Å². The van der Waals surface area contributed by atoms with E-state index in [9.17, 15) is 27.2 Å². The molecular weight excluding hydrogens is 546 g/mol. The van der Waals surface area contributed by atoms with Crippen LogP contribution in [0.3, 0.4) is 0 Å². The van der Waals surface area contributed by atoms with Gasteiger partial charge in [-0.15, -0.1) is 0 Å². The summed E-state index contributed by atoms with van der Waals surface area (Å²) in [5.74, 6) is -0.354. The van der Waals surface area contributed by atoms with Gasteiger partial charge < -0.3 is 10.6 Å². The van der Waals surface area contributed by atoms with E-state index in [0.29, 0.717) is 34.6 Å². The van der Waals surface area contributed by atoms with Gasteiger partial charge in [0.05, 0.1) is 23.6 Å². The Morgan fingerprint density at radius 1 is 1.07 bits per heavy atom. The molecule has 0 spiro atoms. The summed E-state index contributed by atoms with van der Waals surface area (Å²) in [4.78, 5) is 37.3. The Hall–Kier alpha value is -5.21. The molecule has 4 aromatic rings. The number of amides is 4. The lowest BCUT2D eigenvalue weighted by Gasteiger charge is -2.35. The largest absolute Gasteiger partial charge is 0.435 e. The number of fused-ring (bicyclic) bond motifs is 1. The fourth-order valence-electron chi connectivity index (χ4n) is 4.31. The second kappa shape index (κ2) is 10.4. The van der Waals surface area contributed by atoms with Gasteiger partial charge >= 0.3 is 18.2 Å². The highest BCUT2D eigenvalue weighted by atomic mass is 19.4. The van der Waals surface area contributed by atoms with Crippen LogP contribution in [0.1, 0.15) is 16.8 Å². The van der Waals surface area contributed by atoms with Gasteiger partial charge in [-0.25, -0.2) is 23.6 Å². The quantitative estimate of drug-likeness (QED) is 0.277. The lowest BCUT2D eigenvalue weighted by Crippen LogP contribution is -2.46. The number of rotatable bonds is 5. The molecule has 212 valence electrons. The minimum atomic E-state index is -4.77. The smallest absolute Gasteiger partial charge is 0.357 e. The predicted octanol–water partition coefficient (Wildman–Crippen LogP) is 5.39. The number of hydrogen-bond acceptors (Lipinski definition) is 6. The Balaban J connectivity index is 1.42. The monoisotopic (exact) mass is 569 g/mol. The normalized spacial score (nSPS) is 13.2. The Morgan fingerprint density at radius 3 is 2.49 bits per heavy atom. The third-order valence-corrected chi connectivity index (χ3v) is 6.30. The van der Waals surface area contributed by atoms with Crippen molar-refractivity contribution in [1.29, 1.82) is 0 Å². The van der Waals surface area contributed by atoms with Crippen LogP contribution in [0.2, 0.25) is 0 Å². The summed E-state index contributed by atoms with van der Waals surface area (Å²) in [6, 6.07) is 9.51. The number of hydrogen-bond donors (Lipinski definition) is 3. The number of carbonyl (C=O) groups is 2. The van der Waals surface area contributed by atoms with E-state index in [2.05, 4.69) is 31.0 Å². The summed E-state index contributed by atoms with van der Waals surface area (Å²) in [6.07, 6.45) is -3.20. The van der Waals surface area contributed by atoms with E-state index in [4.69, 9.17) is 0 Å². The zero-order chi connectivity index (χ0) is 29.5. The highest BCUT2D eigenvalue weighted by molar-refractivity contribution is 6.06. The maximum atomic E-state index is 14.9. The first kappa shape index (κ1) is 27.4. The maximum absolute atomic E-state index is 14.9. The molecule has 5 rings (SSSR count). The Bertz CT molecular complexity index is 1640. The lowest BCUT2D eigenvalue weighted by atomic mass is 10.1. The number of benzene rings is 2. The van der Waals surface area contributed by atoms with E-state index in [0.717, 1.165) is 10.7 Å². The van der Waals surface area contributed by atoms with Gasteiger partial charge in [0, 0.05) is 31.9 Å². The molecule has 0 radical (unpaired) electrons. The first-order valence-electron chi connectivity index (χ1n) is 12.2. The standard InChI is InChI=1S/C26H23F4N9O2/c1-14-9-17(27)18(10-19(14)38-13-15-12-32-23(31-2)35-22(15)37(3)25(38)41)33-24(40)34-21-11-20(26(28,29)30)36-39(21)16-7-5-4-6-8-16/h4-12H,13H2,1-3H3,(H,31,32,35)(H2,33,34,40). The Labute approximate surface area is 230 Å². The number of aromatic nitrogens is 4. The number of anilines is 5. The van der Waals surface area contributed by atoms with Crippen molar-refractivity contribution >= 4 is 41.0 Å². The zero-order valence-corrected chi connectivity index (χ0v) is 21.9. The van der Waals surface area contributed by atoms with Gasteiger partial charge in [0.1, 0.15) is 17.5 Å². The van der Waals surface area contributed by atoms with Crippen molar-refractivity contribution in [2.45, 2.75) is 19.6 Å². The van der Waals surface area contributed by atoms with Crippen molar-refractivity contribution in [3.63, 3.8) is 0 Å². The molecule has 0 atom stereocenters. The number of nitrogens with zero attached hydrogens (tertiary/aromatic N) is 6. The molecule has 0 unspecified atom stereocenters. The average Bonchev–Trinajstić information content (AvgIpc) is 3.37. The number of alkyl halides is 3. The molecule has 0 bridgehead atoms. The third-order valence-electron chi connectivity index (χ3n) is 6.30. The summed E-state index contributed by atoms with van der Waals surface area (Å²) in [5.41, 5.74) is 0.0869. The maximum Gasteiger partial charge on any atom is 0.435 e. The number of urea groups is 2. The van der Waals surface area contributed by atoms with Crippen molar-refractivity contribution in [2.24, 2.45) is 0 Å². The lowest BCUT2D eigenvalue weighted by molar-refractivity contribution is -0.141. The van der Waals surface area contributed by atoms with Crippen molar-refractivity contribution in [3.05, 3.63) is 77.4 Å². The van der Waals surface area contributed by atoms with Crippen molar-refractivity contribution in [2.75, 3.05) is 39.8 Å². The van der Waals surface area contributed by atoms with Crippen molar-refractivity contribution in [3.8, 4) is 5.69 Å². The zero-order valence-electron chi connectivity index (χ0n) is 21.9. The van der Waals surface area contributed by atoms with Crippen LogP contribution < -0.4 is 25.8 Å². The molecular formula is C26H23F4N9O2. The molecule has 11 nitrogen and oxygen atoms in total. The highest BCUT2D eigenvalue weighted by Crippen LogP contribution is 2.35. The summed E-state index contributed by atoms with van der Waals surface area (Å²) in [7, 11) is 3.19. The van der Waals surface area contributed by atoms with Crippen LogP contribution in [0.25, 0.3) is 5.69 Å². The van der Waals surface area contributed by atoms with E-state index < -0.39 is 29.7 Å². The van der Waals surface area contributed by atoms with Crippen LogP contribution in [-0.4, -0.2) is 45.9 Å². The Morgan fingerprint density at radius 2 is 1.80 bits per heavy atom. The summed E-state index contributed by atoms with van der Waals surface area (Å²) in [5, 5.41) is 11.0. The van der Waals surface area contributed by atoms with Gasteiger partial charge in [-0.1, -0.05) is 18.2 Å². The number of para-hydroxylation sites is 1. The fourth-order valence-corrected chi connectivity index (χ4v) is 4.31. The second-order valence-corrected chi connectivity index (χ2v) is 9.08. The first-order chi connectivity index (χ1) is 19.5. The van der Waals surface area contributed by atoms with Gasteiger partial charge in [-0.05, 0) is 36.8 Å². The predicted molar refractivity (Wildman–Crippen MR) is 144 cm³/mol. The molecule has 4 amide bonds. The molecule has 3 heterocycles. The molecule has 1 aliphatic heterocycles. The second-order valence-electron chi connectivity index (χ2n) is 9.08. The van der Waals surface area contributed by atoms with Crippen LogP contribution in [-0.2, 0) is 12.7 Å².